The zero-order chi connectivity index (χ0) is 26.1. The fraction of sp³-hybridized carbons (Fsp3) is 0.276. The van der Waals surface area contributed by atoms with Crippen LogP contribution in [0.2, 0.25) is 5.02 Å². The van der Waals surface area contributed by atoms with Crippen LogP contribution in [0.1, 0.15) is 22.3 Å². The predicted octanol–water partition coefficient (Wildman–Crippen LogP) is 4.79. The SMILES string of the molecule is Cc1ccc(C)c(N2CCN(C(=S)NC3N=C(c4ccccc4)c4cc(Cl)ccc4N(C)C3=O)CC2)c1. The summed E-state index contributed by atoms with van der Waals surface area (Å²) in [4.78, 5) is 24.6. The highest BCUT2D eigenvalue weighted by Gasteiger charge is 2.32. The lowest BCUT2D eigenvalue weighted by atomic mass is 10.0. The van der Waals surface area contributed by atoms with Gasteiger partial charge in [-0.15, -0.1) is 0 Å². The first kappa shape index (κ1) is 25.2. The molecule has 1 N–H and O–H groups in total. The zero-order valence-electron chi connectivity index (χ0n) is 21.2. The van der Waals surface area contributed by atoms with Gasteiger partial charge >= 0.3 is 0 Å². The molecule has 1 amide bonds. The summed E-state index contributed by atoms with van der Waals surface area (Å²) in [5.41, 5.74) is 6.98. The van der Waals surface area contributed by atoms with Crippen molar-refractivity contribution in [2.24, 2.45) is 4.99 Å². The molecule has 8 heteroatoms. The van der Waals surface area contributed by atoms with Crippen LogP contribution in [-0.2, 0) is 4.79 Å². The number of hydrogen-bond acceptors (Lipinski definition) is 4. The standard InChI is InChI=1S/C29H30ClN5OS/c1-19-9-10-20(2)25(17-19)34-13-15-35(16-14-34)29(37)32-27-28(36)33(3)24-12-11-22(30)18-23(24)26(31-27)21-7-5-4-6-8-21/h4-12,17-18,27H,13-16H2,1-3H3,(H,32,37). The molecule has 0 aromatic heterocycles. The Balaban J connectivity index is 1.37. The molecule has 5 rings (SSSR count). The largest absolute Gasteiger partial charge is 0.368 e. The van der Waals surface area contributed by atoms with Crippen LogP contribution in [0.3, 0.4) is 0 Å². The number of amides is 1. The number of rotatable bonds is 3. The summed E-state index contributed by atoms with van der Waals surface area (Å²) in [5, 5.41) is 4.38. The maximum Gasteiger partial charge on any atom is 0.272 e. The molecule has 2 aliphatic rings. The Kier molecular flexibility index (Phi) is 7.17. The number of benzene rings is 3. The molecule has 0 spiro atoms. The predicted molar refractivity (Wildman–Crippen MR) is 156 cm³/mol. The van der Waals surface area contributed by atoms with Crippen molar-refractivity contribution in [3.8, 4) is 0 Å². The lowest BCUT2D eigenvalue weighted by Crippen LogP contribution is -2.55. The van der Waals surface area contributed by atoms with Gasteiger partial charge in [-0.3, -0.25) is 4.79 Å². The van der Waals surface area contributed by atoms with Crippen molar-refractivity contribution in [2.75, 3.05) is 43.0 Å². The lowest BCUT2D eigenvalue weighted by molar-refractivity contribution is -0.119. The van der Waals surface area contributed by atoms with Crippen LogP contribution in [0.15, 0.2) is 71.7 Å². The van der Waals surface area contributed by atoms with Gasteiger partial charge in [0.05, 0.1) is 11.4 Å². The van der Waals surface area contributed by atoms with Crippen molar-refractivity contribution < 1.29 is 4.79 Å². The smallest absolute Gasteiger partial charge is 0.272 e. The topological polar surface area (TPSA) is 51.2 Å². The first-order valence-corrected chi connectivity index (χ1v) is 13.2. The number of carbonyl (C=O) groups is 1. The molecule has 6 nitrogen and oxygen atoms in total. The van der Waals surface area contributed by atoms with Crippen LogP contribution in [0.5, 0.6) is 0 Å². The molecule has 37 heavy (non-hydrogen) atoms. The molecule has 0 aliphatic carbocycles. The Hall–Kier alpha value is -3.42. The lowest BCUT2D eigenvalue weighted by Gasteiger charge is -2.38. The average molecular weight is 532 g/mol. The maximum absolute atomic E-state index is 13.5. The highest BCUT2D eigenvalue weighted by molar-refractivity contribution is 7.80. The van der Waals surface area contributed by atoms with E-state index in [-0.39, 0.29) is 5.91 Å². The Bertz CT molecular complexity index is 1370. The molecule has 0 saturated carbocycles. The third-order valence-corrected chi connectivity index (χ3v) is 7.59. The van der Waals surface area contributed by atoms with Gasteiger partial charge in [0.15, 0.2) is 5.11 Å². The van der Waals surface area contributed by atoms with Gasteiger partial charge in [0.25, 0.3) is 5.91 Å². The molecule has 1 saturated heterocycles. The number of hydrogen-bond donors (Lipinski definition) is 1. The van der Waals surface area contributed by atoms with Gasteiger partial charge < -0.3 is 20.0 Å². The summed E-state index contributed by atoms with van der Waals surface area (Å²) in [6.45, 7) is 7.51. The van der Waals surface area contributed by atoms with Crippen molar-refractivity contribution in [3.05, 3.63) is 94.0 Å². The number of aryl methyl sites for hydroxylation is 2. The number of piperazine rings is 1. The molecule has 1 unspecified atom stereocenters. The van der Waals surface area contributed by atoms with Crippen LogP contribution in [0.4, 0.5) is 11.4 Å². The minimum Gasteiger partial charge on any atom is -0.368 e. The fourth-order valence-electron chi connectivity index (χ4n) is 4.89. The number of aliphatic imine (C=N–C) groups is 1. The highest BCUT2D eigenvalue weighted by atomic mass is 35.5. The number of nitrogens with one attached hydrogen (secondary N) is 1. The van der Waals surface area contributed by atoms with Gasteiger partial charge in [-0.25, -0.2) is 4.99 Å². The van der Waals surface area contributed by atoms with Crippen molar-refractivity contribution in [3.63, 3.8) is 0 Å². The van der Waals surface area contributed by atoms with Crippen molar-refractivity contribution in [1.29, 1.82) is 0 Å². The van der Waals surface area contributed by atoms with Gasteiger partial charge in [0, 0.05) is 55.1 Å². The molecule has 3 aromatic rings. The highest BCUT2D eigenvalue weighted by Crippen LogP contribution is 2.30. The van der Waals surface area contributed by atoms with Crippen molar-refractivity contribution in [2.45, 2.75) is 20.0 Å². The number of likely N-dealkylation sites (N-methyl/N-ethyl adjacent to an activating group) is 1. The molecule has 1 fully saturated rings. The van der Waals surface area contributed by atoms with Crippen LogP contribution in [0, 0.1) is 13.8 Å². The average Bonchev–Trinajstić information content (AvgIpc) is 3.01. The molecular formula is C29H30ClN5OS. The van der Waals surface area contributed by atoms with Crippen LogP contribution >= 0.6 is 23.8 Å². The van der Waals surface area contributed by atoms with Crippen LogP contribution in [0.25, 0.3) is 0 Å². The second kappa shape index (κ2) is 10.5. The minimum atomic E-state index is -0.851. The molecule has 2 aliphatic heterocycles. The van der Waals surface area contributed by atoms with E-state index in [0.717, 1.165) is 43.0 Å². The zero-order valence-corrected chi connectivity index (χ0v) is 22.8. The number of carbonyl (C=O) groups excluding carboxylic acids is 1. The van der Waals surface area contributed by atoms with E-state index in [2.05, 4.69) is 47.2 Å². The Morgan fingerprint density at radius 1 is 0.973 bits per heavy atom. The minimum absolute atomic E-state index is 0.175. The van der Waals surface area contributed by atoms with E-state index in [4.69, 9.17) is 28.8 Å². The maximum atomic E-state index is 13.5. The normalized spacial score (nSPS) is 17.7. The van der Waals surface area contributed by atoms with Gasteiger partial charge in [-0.1, -0.05) is 54.1 Å². The van der Waals surface area contributed by atoms with E-state index >= 15 is 0 Å². The number of benzodiazepines with no additional fused rings is 1. The van der Waals surface area contributed by atoms with Gasteiger partial charge in [-0.2, -0.15) is 0 Å². The van der Waals surface area contributed by atoms with E-state index < -0.39 is 6.17 Å². The van der Waals surface area contributed by atoms with E-state index in [1.165, 1.54) is 16.8 Å². The Labute approximate surface area is 228 Å². The van der Waals surface area contributed by atoms with Crippen LogP contribution in [-0.4, -0.2) is 61.0 Å². The number of anilines is 2. The Morgan fingerprint density at radius 3 is 2.43 bits per heavy atom. The molecule has 0 bridgehead atoms. The van der Waals surface area contributed by atoms with E-state index in [1.54, 1.807) is 18.0 Å². The number of halogens is 1. The number of thiocarbonyl (C=S) groups is 1. The second-order valence-electron chi connectivity index (χ2n) is 9.52. The summed E-state index contributed by atoms with van der Waals surface area (Å²) >= 11 is 12.1. The van der Waals surface area contributed by atoms with E-state index in [1.807, 2.05) is 42.5 Å². The quantitative estimate of drug-likeness (QED) is 0.492. The first-order valence-electron chi connectivity index (χ1n) is 12.4. The fourth-order valence-corrected chi connectivity index (χ4v) is 5.35. The number of nitrogens with zero attached hydrogens (tertiary/aromatic N) is 4. The van der Waals surface area contributed by atoms with E-state index in [9.17, 15) is 4.79 Å². The molecule has 2 heterocycles. The second-order valence-corrected chi connectivity index (χ2v) is 10.3. The monoisotopic (exact) mass is 531 g/mol. The summed E-state index contributed by atoms with van der Waals surface area (Å²) in [6, 6.07) is 21.9. The summed E-state index contributed by atoms with van der Waals surface area (Å²) in [7, 11) is 1.76. The molecule has 1 atom stereocenters. The molecule has 0 radical (unpaired) electrons. The first-order chi connectivity index (χ1) is 17.8. The molecule has 190 valence electrons. The Morgan fingerprint density at radius 2 is 1.70 bits per heavy atom. The summed E-state index contributed by atoms with van der Waals surface area (Å²) in [5.74, 6) is -0.175. The van der Waals surface area contributed by atoms with E-state index in [0.29, 0.717) is 15.8 Å². The van der Waals surface area contributed by atoms with Gasteiger partial charge in [0.1, 0.15) is 0 Å². The molecule has 3 aromatic carbocycles. The third-order valence-electron chi connectivity index (χ3n) is 6.98. The molecular weight excluding hydrogens is 502 g/mol. The summed E-state index contributed by atoms with van der Waals surface area (Å²) < 4.78 is 0. The summed E-state index contributed by atoms with van der Waals surface area (Å²) in [6.07, 6.45) is -0.851. The van der Waals surface area contributed by atoms with Gasteiger partial charge in [-0.05, 0) is 61.5 Å². The number of fused-ring (bicyclic) bond motifs is 1. The van der Waals surface area contributed by atoms with Crippen LogP contribution < -0.4 is 15.1 Å². The third kappa shape index (κ3) is 5.20. The van der Waals surface area contributed by atoms with Crippen molar-refractivity contribution in [1.82, 2.24) is 10.2 Å². The van der Waals surface area contributed by atoms with Crippen molar-refractivity contribution >= 4 is 51.9 Å². The van der Waals surface area contributed by atoms with Gasteiger partial charge in [0.2, 0.25) is 6.17 Å².